The third-order valence-corrected chi connectivity index (χ3v) is 3.90. The Morgan fingerprint density at radius 3 is 2.73 bits per heavy atom. The standard InChI is InChI=1S/C15H15N3O3S/c1-10(12-5-3-4-8-16-12)17-15(19)11-6-7-14(22-2)13(9-11)18(20)21/h3-10H,1-2H3,(H,17,19)/t10-/m1/s1. The van der Waals surface area contributed by atoms with E-state index in [1.807, 2.05) is 19.1 Å². The zero-order chi connectivity index (χ0) is 16.1. The molecule has 7 heteroatoms. The largest absolute Gasteiger partial charge is 0.344 e. The molecule has 1 atom stereocenters. The lowest BCUT2D eigenvalue weighted by Crippen LogP contribution is -2.27. The van der Waals surface area contributed by atoms with E-state index in [0.29, 0.717) is 4.90 Å². The van der Waals surface area contributed by atoms with Gasteiger partial charge in [-0.25, -0.2) is 0 Å². The van der Waals surface area contributed by atoms with Gasteiger partial charge in [-0.2, -0.15) is 0 Å². The summed E-state index contributed by atoms with van der Waals surface area (Å²) in [5, 5.41) is 13.8. The van der Waals surface area contributed by atoms with Gasteiger partial charge in [0, 0.05) is 17.8 Å². The van der Waals surface area contributed by atoms with Gasteiger partial charge in [-0.3, -0.25) is 19.9 Å². The summed E-state index contributed by atoms with van der Waals surface area (Å²) < 4.78 is 0. The van der Waals surface area contributed by atoms with Gasteiger partial charge >= 0.3 is 0 Å². The Hall–Kier alpha value is -2.41. The maximum Gasteiger partial charge on any atom is 0.283 e. The number of nitro benzene ring substituents is 1. The number of carbonyl (C=O) groups excluding carboxylic acids is 1. The van der Waals surface area contributed by atoms with E-state index in [9.17, 15) is 14.9 Å². The predicted octanol–water partition coefficient (Wildman–Crippen LogP) is 3.20. The van der Waals surface area contributed by atoms with Crippen molar-refractivity contribution in [3.8, 4) is 0 Å². The van der Waals surface area contributed by atoms with Crippen LogP contribution in [-0.2, 0) is 0 Å². The summed E-state index contributed by atoms with van der Waals surface area (Å²) in [4.78, 5) is 27.5. The van der Waals surface area contributed by atoms with Gasteiger partial charge < -0.3 is 5.32 Å². The molecular weight excluding hydrogens is 302 g/mol. The number of nitro groups is 1. The molecule has 0 saturated heterocycles. The fourth-order valence-corrected chi connectivity index (χ4v) is 2.51. The van der Waals surface area contributed by atoms with Crippen molar-refractivity contribution in [3.05, 3.63) is 64.0 Å². The molecule has 6 nitrogen and oxygen atoms in total. The first-order valence-corrected chi connectivity index (χ1v) is 7.79. The molecule has 1 N–H and O–H groups in total. The van der Waals surface area contributed by atoms with Crippen LogP contribution in [0.25, 0.3) is 0 Å². The highest BCUT2D eigenvalue weighted by atomic mass is 32.2. The molecule has 0 aliphatic rings. The van der Waals surface area contributed by atoms with E-state index in [1.54, 1.807) is 30.7 Å². The summed E-state index contributed by atoms with van der Waals surface area (Å²) in [6.07, 6.45) is 3.40. The topological polar surface area (TPSA) is 85.1 Å². The lowest BCUT2D eigenvalue weighted by molar-refractivity contribution is -0.387. The van der Waals surface area contributed by atoms with Crippen molar-refractivity contribution in [1.82, 2.24) is 10.3 Å². The Bertz CT molecular complexity index is 692. The zero-order valence-electron chi connectivity index (χ0n) is 12.1. The van der Waals surface area contributed by atoms with Crippen LogP contribution in [0.15, 0.2) is 47.5 Å². The molecule has 1 heterocycles. The first-order chi connectivity index (χ1) is 10.5. The minimum atomic E-state index is -0.481. The summed E-state index contributed by atoms with van der Waals surface area (Å²) in [6, 6.07) is 9.62. The highest BCUT2D eigenvalue weighted by molar-refractivity contribution is 7.98. The van der Waals surface area contributed by atoms with Gasteiger partial charge in [-0.1, -0.05) is 6.07 Å². The van der Waals surface area contributed by atoms with Crippen molar-refractivity contribution in [2.24, 2.45) is 0 Å². The van der Waals surface area contributed by atoms with Gasteiger partial charge in [0.1, 0.15) is 0 Å². The number of nitrogens with zero attached hydrogens (tertiary/aromatic N) is 2. The summed E-state index contributed by atoms with van der Waals surface area (Å²) in [6.45, 7) is 1.81. The average Bonchev–Trinajstić information content (AvgIpc) is 2.54. The number of pyridine rings is 1. The Morgan fingerprint density at radius 2 is 2.14 bits per heavy atom. The minimum absolute atomic E-state index is 0.0642. The summed E-state index contributed by atoms with van der Waals surface area (Å²) in [7, 11) is 0. The van der Waals surface area contributed by atoms with Crippen LogP contribution in [0, 0.1) is 10.1 Å². The molecule has 22 heavy (non-hydrogen) atoms. The van der Waals surface area contributed by atoms with E-state index < -0.39 is 4.92 Å². The Morgan fingerprint density at radius 1 is 1.36 bits per heavy atom. The molecule has 0 radical (unpaired) electrons. The van der Waals surface area contributed by atoms with E-state index in [0.717, 1.165) is 5.69 Å². The van der Waals surface area contributed by atoms with E-state index in [2.05, 4.69) is 10.3 Å². The van der Waals surface area contributed by atoms with Crippen LogP contribution in [0.2, 0.25) is 0 Å². The van der Waals surface area contributed by atoms with Crippen molar-refractivity contribution in [1.29, 1.82) is 0 Å². The smallest absolute Gasteiger partial charge is 0.283 e. The van der Waals surface area contributed by atoms with Crippen LogP contribution in [0.1, 0.15) is 29.0 Å². The molecule has 0 unspecified atom stereocenters. The quantitative estimate of drug-likeness (QED) is 0.520. The molecule has 0 fully saturated rings. The molecule has 0 aliphatic heterocycles. The molecule has 2 rings (SSSR count). The Kier molecular flexibility index (Phi) is 5.11. The molecule has 2 aromatic rings. The van der Waals surface area contributed by atoms with Crippen LogP contribution in [-0.4, -0.2) is 22.1 Å². The number of thioether (sulfide) groups is 1. The van der Waals surface area contributed by atoms with Gasteiger partial charge in [0.15, 0.2) is 0 Å². The van der Waals surface area contributed by atoms with E-state index in [-0.39, 0.29) is 23.2 Å². The van der Waals surface area contributed by atoms with Gasteiger partial charge in [0.25, 0.3) is 11.6 Å². The molecular formula is C15H15N3O3S. The molecule has 0 spiro atoms. The molecule has 1 aromatic heterocycles. The van der Waals surface area contributed by atoms with Crippen molar-refractivity contribution in [2.75, 3.05) is 6.26 Å². The lowest BCUT2D eigenvalue weighted by Gasteiger charge is -2.13. The third-order valence-electron chi connectivity index (χ3n) is 3.12. The second-order valence-corrected chi connectivity index (χ2v) is 5.44. The number of benzene rings is 1. The average molecular weight is 317 g/mol. The SMILES string of the molecule is CSc1ccc(C(=O)N[C@H](C)c2ccccn2)cc1[N+](=O)[O-]. The van der Waals surface area contributed by atoms with Crippen LogP contribution in [0.4, 0.5) is 5.69 Å². The maximum absolute atomic E-state index is 12.2. The number of aromatic nitrogens is 1. The van der Waals surface area contributed by atoms with Crippen LogP contribution >= 0.6 is 11.8 Å². The second-order valence-electron chi connectivity index (χ2n) is 4.59. The fourth-order valence-electron chi connectivity index (χ4n) is 1.96. The number of nitrogens with one attached hydrogen (secondary N) is 1. The highest BCUT2D eigenvalue weighted by Crippen LogP contribution is 2.28. The van der Waals surface area contributed by atoms with E-state index in [1.165, 1.54) is 17.8 Å². The first kappa shape index (κ1) is 16.0. The first-order valence-electron chi connectivity index (χ1n) is 6.57. The Labute approximate surface area is 132 Å². The molecule has 0 saturated carbocycles. The lowest BCUT2D eigenvalue weighted by atomic mass is 10.1. The number of carbonyl (C=O) groups is 1. The summed E-state index contributed by atoms with van der Waals surface area (Å²) >= 11 is 1.27. The number of hydrogen-bond acceptors (Lipinski definition) is 5. The van der Waals surface area contributed by atoms with Gasteiger partial charge in [0.05, 0.1) is 21.6 Å². The Balaban J connectivity index is 2.19. The van der Waals surface area contributed by atoms with E-state index in [4.69, 9.17) is 0 Å². The van der Waals surface area contributed by atoms with Gasteiger partial charge in [0.2, 0.25) is 0 Å². The van der Waals surface area contributed by atoms with Crippen LogP contribution in [0.5, 0.6) is 0 Å². The molecule has 1 amide bonds. The second kappa shape index (κ2) is 7.04. The molecule has 0 aliphatic carbocycles. The number of amides is 1. The molecule has 114 valence electrons. The van der Waals surface area contributed by atoms with Gasteiger partial charge in [-0.05, 0) is 37.4 Å². The number of hydrogen-bond donors (Lipinski definition) is 1. The zero-order valence-corrected chi connectivity index (χ0v) is 13.0. The summed E-state index contributed by atoms with van der Waals surface area (Å²) in [5.74, 6) is -0.367. The van der Waals surface area contributed by atoms with Crippen LogP contribution < -0.4 is 5.32 Å². The van der Waals surface area contributed by atoms with Gasteiger partial charge in [-0.15, -0.1) is 11.8 Å². The highest BCUT2D eigenvalue weighted by Gasteiger charge is 2.18. The molecule has 0 bridgehead atoms. The van der Waals surface area contributed by atoms with Crippen molar-refractivity contribution < 1.29 is 9.72 Å². The fraction of sp³-hybridized carbons (Fsp3) is 0.200. The predicted molar refractivity (Wildman–Crippen MR) is 85.0 cm³/mol. The van der Waals surface area contributed by atoms with Crippen molar-refractivity contribution >= 4 is 23.4 Å². The summed E-state index contributed by atoms with van der Waals surface area (Å²) in [5.41, 5.74) is 0.920. The third kappa shape index (κ3) is 3.62. The number of rotatable bonds is 5. The van der Waals surface area contributed by atoms with Crippen molar-refractivity contribution in [3.63, 3.8) is 0 Å². The molecule has 1 aromatic carbocycles. The monoisotopic (exact) mass is 317 g/mol. The maximum atomic E-state index is 12.2. The van der Waals surface area contributed by atoms with Crippen LogP contribution in [0.3, 0.4) is 0 Å². The normalized spacial score (nSPS) is 11.7. The minimum Gasteiger partial charge on any atom is -0.344 e. The van der Waals surface area contributed by atoms with Crippen molar-refractivity contribution in [2.45, 2.75) is 17.9 Å². The van der Waals surface area contributed by atoms with E-state index >= 15 is 0 Å².